The van der Waals surface area contributed by atoms with E-state index < -0.39 is 11.3 Å². The fourth-order valence-electron chi connectivity index (χ4n) is 2.13. The number of hydrogen-bond donors (Lipinski definition) is 2. The Morgan fingerprint density at radius 1 is 1.53 bits per heavy atom. The van der Waals surface area contributed by atoms with Gasteiger partial charge in [0.25, 0.3) is 5.91 Å². The van der Waals surface area contributed by atoms with Crippen molar-refractivity contribution in [2.45, 2.75) is 13.3 Å². The van der Waals surface area contributed by atoms with E-state index >= 15 is 0 Å². The molecule has 7 heteroatoms. The molecule has 102 valence electrons. The highest BCUT2D eigenvalue weighted by Gasteiger charge is 2.41. The van der Waals surface area contributed by atoms with Crippen molar-refractivity contribution in [3.63, 3.8) is 0 Å². The van der Waals surface area contributed by atoms with Gasteiger partial charge in [0.05, 0.1) is 22.9 Å². The first-order chi connectivity index (χ1) is 8.83. The monoisotopic (exact) mass is 282 g/mol. The van der Waals surface area contributed by atoms with Crippen molar-refractivity contribution in [2.75, 3.05) is 18.8 Å². The van der Waals surface area contributed by atoms with Crippen LogP contribution in [0.3, 0.4) is 0 Å². The number of carbonyl (C=O) groups excluding carboxylic acids is 2. The van der Waals surface area contributed by atoms with Gasteiger partial charge in [-0.2, -0.15) is 0 Å². The van der Waals surface area contributed by atoms with Crippen LogP contribution in [0.4, 0.5) is 5.69 Å². The molecule has 0 aromatic carbocycles. The minimum Gasteiger partial charge on any atom is -0.397 e. The van der Waals surface area contributed by atoms with E-state index in [1.54, 1.807) is 11.8 Å². The second kappa shape index (κ2) is 4.70. The Balaban J connectivity index is 2.22. The summed E-state index contributed by atoms with van der Waals surface area (Å²) in [6.45, 7) is 2.52. The van der Waals surface area contributed by atoms with Crippen LogP contribution in [0, 0.1) is 5.41 Å². The first kappa shape index (κ1) is 13.6. The van der Waals surface area contributed by atoms with Gasteiger partial charge in [-0.3, -0.25) is 9.59 Å². The van der Waals surface area contributed by atoms with Crippen molar-refractivity contribution in [3.8, 4) is 0 Å². The predicted octanol–water partition coefficient (Wildman–Crippen LogP) is 0.655. The molecule has 0 saturated carbocycles. The van der Waals surface area contributed by atoms with Crippen molar-refractivity contribution < 1.29 is 9.59 Å². The number of nitrogen functional groups attached to an aromatic ring is 1. The van der Waals surface area contributed by atoms with E-state index in [9.17, 15) is 9.59 Å². The highest BCUT2D eigenvalue weighted by molar-refractivity contribution is 6.29. The van der Waals surface area contributed by atoms with Crippen LogP contribution in [0.25, 0.3) is 0 Å². The Bertz CT molecular complexity index is 549. The van der Waals surface area contributed by atoms with Gasteiger partial charge in [-0.05, 0) is 19.4 Å². The molecule has 1 aliphatic heterocycles. The maximum absolute atomic E-state index is 12.3. The van der Waals surface area contributed by atoms with Crippen molar-refractivity contribution >= 4 is 29.1 Å². The lowest BCUT2D eigenvalue weighted by Crippen LogP contribution is -2.38. The predicted molar refractivity (Wildman–Crippen MR) is 71.5 cm³/mol. The van der Waals surface area contributed by atoms with Crippen LogP contribution in [0.2, 0.25) is 5.15 Å². The molecule has 1 atom stereocenters. The largest absolute Gasteiger partial charge is 0.397 e. The van der Waals surface area contributed by atoms with Crippen molar-refractivity contribution in [1.82, 2.24) is 9.88 Å². The lowest BCUT2D eigenvalue weighted by Gasteiger charge is -2.21. The fourth-order valence-corrected chi connectivity index (χ4v) is 2.29. The van der Waals surface area contributed by atoms with Crippen LogP contribution in [-0.4, -0.2) is 34.8 Å². The quantitative estimate of drug-likeness (QED) is 0.778. The highest BCUT2D eigenvalue weighted by Crippen LogP contribution is 2.31. The summed E-state index contributed by atoms with van der Waals surface area (Å²) in [6, 6.07) is 1.43. The van der Waals surface area contributed by atoms with E-state index in [4.69, 9.17) is 23.1 Å². The Labute approximate surface area is 115 Å². The van der Waals surface area contributed by atoms with Gasteiger partial charge in [-0.25, -0.2) is 4.98 Å². The zero-order valence-electron chi connectivity index (χ0n) is 10.5. The number of nitrogens with two attached hydrogens (primary N) is 2. The third-order valence-electron chi connectivity index (χ3n) is 3.49. The molecule has 1 fully saturated rings. The summed E-state index contributed by atoms with van der Waals surface area (Å²) in [5, 5.41) is 0.203. The van der Waals surface area contributed by atoms with Gasteiger partial charge < -0.3 is 16.4 Å². The Hall–Kier alpha value is -1.82. The second-order valence-electron chi connectivity index (χ2n) is 5.00. The van der Waals surface area contributed by atoms with Gasteiger partial charge >= 0.3 is 0 Å². The van der Waals surface area contributed by atoms with Gasteiger partial charge in [0, 0.05) is 13.1 Å². The summed E-state index contributed by atoms with van der Waals surface area (Å²) in [6.07, 6.45) is 1.89. The molecule has 0 spiro atoms. The summed E-state index contributed by atoms with van der Waals surface area (Å²) >= 11 is 5.76. The molecule has 1 saturated heterocycles. The SMILES string of the molecule is CC1(C(N)=O)CCN(C(=O)c2cc(Cl)ncc2N)C1. The van der Waals surface area contributed by atoms with Crippen LogP contribution in [0.15, 0.2) is 12.3 Å². The zero-order chi connectivity index (χ0) is 14.2. The van der Waals surface area contributed by atoms with Crippen LogP contribution in [0.1, 0.15) is 23.7 Å². The van der Waals surface area contributed by atoms with Crippen LogP contribution >= 0.6 is 11.6 Å². The number of nitrogens with zero attached hydrogens (tertiary/aromatic N) is 2. The third-order valence-corrected chi connectivity index (χ3v) is 3.69. The number of hydrogen-bond acceptors (Lipinski definition) is 4. The molecule has 1 aromatic rings. The Morgan fingerprint density at radius 3 is 2.79 bits per heavy atom. The van der Waals surface area contributed by atoms with Gasteiger partial charge in [0.1, 0.15) is 5.15 Å². The molecule has 1 aromatic heterocycles. The molecule has 0 aliphatic carbocycles. The number of likely N-dealkylation sites (tertiary alicyclic amines) is 1. The molecule has 2 amide bonds. The molecular formula is C12H15ClN4O2. The van der Waals surface area contributed by atoms with Crippen molar-refractivity contribution in [1.29, 1.82) is 0 Å². The smallest absolute Gasteiger partial charge is 0.256 e. The van der Waals surface area contributed by atoms with Gasteiger partial charge in [0.2, 0.25) is 5.91 Å². The summed E-state index contributed by atoms with van der Waals surface area (Å²) in [7, 11) is 0. The fraction of sp³-hybridized carbons (Fsp3) is 0.417. The highest BCUT2D eigenvalue weighted by atomic mass is 35.5. The number of pyridine rings is 1. The molecule has 2 heterocycles. The third kappa shape index (κ3) is 2.49. The van der Waals surface area contributed by atoms with E-state index in [1.165, 1.54) is 12.3 Å². The summed E-state index contributed by atoms with van der Waals surface area (Å²) in [5.41, 5.74) is 11.0. The van der Waals surface area contributed by atoms with E-state index in [2.05, 4.69) is 4.98 Å². The van der Waals surface area contributed by atoms with E-state index in [-0.39, 0.29) is 16.7 Å². The second-order valence-corrected chi connectivity index (χ2v) is 5.38. The van der Waals surface area contributed by atoms with E-state index in [1.807, 2.05) is 0 Å². The minimum atomic E-state index is -0.679. The Morgan fingerprint density at radius 2 is 2.21 bits per heavy atom. The maximum Gasteiger partial charge on any atom is 0.256 e. The molecule has 19 heavy (non-hydrogen) atoms. The van der Waals surface area contributed by atoms with Crippen LogP contribution < -0.4 is 11.5 Å². The molecule has 0 bridgehead atoms. The molecule has 4 N–H and O–H groups in total. The first-order valence-corrected chi connectivity index (χ1v) is 6.21. The number of anilines is 1. The standard InChI is InChI=1S/C12H15ClN4O2/c1-12(11(15)19)2-3-17(6-12)10(18)7-4-9(13)16-5-8(7)14/h4-5H,2-3,6,14H2,1H3,(H2,15,19). The van der Waals surface area contributed by atoms with Crippen LogP contribution in [-0.2, 0) is 4.79 Å². The minimum absolute atomic E-state index is 0.203. The number of primary amides is 1. The Kier molecular flexibility index (Phi) is 3.36. The molecule has 1 unspecified atom stereocenters. The van der Waals surface area contributed by atoms with Gasteiger partial charge in [0.15, 0.2) is 0 Å². The van der Waals surface area contributed by atoms with E-state index in [0.29, 0.717) is 25.1 Å². The first-order valence-electron chi connectivity index (χ1n) is 5.84. The van der Waals surface area contributed by atoms with E-state index in [0.717, 1.165) is 0 Å². The van der Waals surface area contributed by atoms with Crippen molar-refractivity contribution in [2.24, 2.45) is 11.1 Å². The molecule has 6 nitrogen and oxygen atoms in total. The topological polar surface area (TPSA) is 102 Å². The molecule has 2 rings (SSSR count). The number of halogens is 1. The van der Waals surface area contributed by atoms with Gasteiger partial charge in [-0.15, -0.1) is 0 Å². The van der Waals surface area contributed by atoms with Crippen LogP contribution in [0.5, 0.6) is 0 Å². The lowest BCUT2D eigenvalue weighted by molar-refractivity contribution is -0.126. The number of rotatable bonds is 2. The normalized spacial score (nSPS) is 22.5. The lowest BCUT2D eigenvalue weighted by atomic mass is 9.89. The summed E-state index contributed by atoms with van der Waals surface area (Å²) in [4.78, 5) is 29.1. The molecule has 0 radical (unpaired) electrons. The van der Waals surface area contributed by atoms with Gasteiger partial charge in [-0.1, -0.05) is 11.6 Å². The zero-order valence-corrected chi connectivity index (χ0v) is 11.3. The molecule has 1 aliphatic rings. The summed E-state index contributed by atoms with van der Waals surface area (Å²) in [5.74, 6) is -0.657. The average Bonchev–Trinajstić information content (AvgIpc) is 2.76. The molecular weight excluding hydrogens is 268 g/mol. The number of amides is 2. The maximum atomic E-state index is 12.3. The number of aromatic nitrogens is 1. The number of carbonyl (C=O) groups is 2. The van der Waals surface area contributed by atoms with Crippen molar-refractivity contribution in [3.05, 3.63) is 23.0 Å². The summed E-state index contributed by atoms with van der Waals surface area (Å²) < 4.78 is 0. The average molecular weight is 283 g/mol.